The van der Waals surface area contributed by atoms with Crippen LogP contribution in [0, 0.1) is 0 Å². The second kappa shape index (κ2) is 26.7. The lowest BCUT2D eigenvalue weighted by molar-refractivity contribution is -0.106. The summed E-state index contributed by atoms with van der Waals surface area (Å²) in [7, 11) is 0. The third-order valence-corrected chi connectivity index (χ3v) is 11.1. The molecule has 0 radical (unpaired) electrons. The molecule has 12 nitrogen and oxygen atoms in total. The first-order chi connectivity index (χ1) is 32.4. The summed E-state index contributed by atoms with van der Waals surface area (Å²) >= 11 is 0. The van der Waals surface area contributed by atoms with Gasteiger partial charge in [-0.1, -0.05) is 127 Å². The van der Waals surface area contributed by atoms with Crippen molar-refractivity contribution in [1.29, 1.82) is 0 Å². The van der Waals surface area contributed by atoms with E-state index in [0.717, 1.165) is 55.2 Å². The maximum absolute atomic E-state index is 12.0. The molecule has 0 saturated carbocycles. The maximum atomic E-state index is 12.0. The number of rotatable bonds is 28. The van der Waals surface area contributed by atoms with Crippen LogP contribution in [0.2, 0.25) is 0 Å². The highest BCUT2D eigenvalue weighted by molar-refractivity contribution is 5.76. The van der Waals surface area contributed by atoms with Crippen molar-refractivity contribution in [3.8, 4) is 11.5 Å². The van der Waals surface area contributed by atoms with Gasteiger partial charge >= 0.3 is 6.09 Å². The number of aliphatic hydroxyl groups is 2. The summed E-state index contributed by atoms with van der Waals surface area (Å²) in [6.07, 6.45) is 4.09. The number of alkyl carbamates (subject to hydrolysis) is 1. The number of carbonyl (C=O) groups is 3. The third kappa shape index (κ3) is 16.2. The monoisotopic (exact) mass is 892 g/mol. The number of unbranched alkanes of at least 4 members (excludes halogenated alkanes) is 2. The van der Waals surface area contributed by atoms with E-state index >= 15 is 0 Å². The molecular weight excluding hydrogens is 833 g/mol. The van der Waals surface area contributed by atoms with Crippen LogP contribution in [0.4, 0.5) is 16.2 Å². The van der Waals surface area contributed by atoms with Gasteiger partial charge in [0, 0.05) is 19.6 Å². The highest BCUT2D eigenvalue weighted by Gasteiger charge is 2.21. The summed E-state index contributed by atoms with van der Waals surface area (Å²) in [4.78, 5) is 37.3. The molecule has 0 aliphatic heterocycles. The van der Waals surface area contributed by atoms with E-state index in [9.17, 15) is 24.6 Å². The van der Waals surface area contributed by atoms with Gasteiger partial charge in [0.1, 0.15) is 31.3 Å². The molecule has 0 fully saturated rings. The molecule has 0 aliphatic rings. The van der Waals surface area contributed by atoms with Crippen molar-refractivity contribution in [2.24, 2.45) is 0 Å². The van der Waals surface area contributed by atoms with E-state index in [2.05, 4.69) is 40.2 Å². The first kappa shape index (κ1) is 48.5. The minimum atomic E-state index is -0.953. The zero-order chi connectivity index (χ0) is 46.2. The van der Waals surface area contributed by atoms with Gasteiger partial charge in [-0.05, 0) is 108 Å². The molecule has 6 aromatic rings. The van der Waals surface area contributed by atoms with E-state index < -0.39 is 18.3 Å². The van der Waals surface area contributed by atoms with Gasteiger partial charge in [0.2, 0.25) is 12.8 Å². The fraction of sp³-hybridized carbons (Fsp3) is 0.278. The Balaban J connectivity index is 1.04. The Morgan fingerprint density at radius 2 is 0.970 bits per heavy atom. The quantitative estimate of drug-likeness (QED) is 0.0239. The first-order valence-electron chi connectivity index (χ1n) is 22.5. The van der Waals surface area contributed by atoms with E-state index in [0.29, 0.717) is 73.1 Å². The Bertz CT molecular complexity index is 2260. The van der Waals surface area contributed by atoms with Crippen molar-refractivity contribution >= 4 is 30.3 Å². The van der Waals surface area contributed by atoms with Crippen LogP contribution in [0.5, 0.6) is 11.5 Å². The van der Waals surface area contributed by atoms with Gasteiger partial charge in [0.25, 0.3) is 0 Å². The maximum Gasteiger partial charge on any atom is 0.407 e. The van der Waals surface area contributed by atoms with Crippen molar-refractivity contribution in [3.63, 3.8) is 0 Å². The molecule has 0 unspecified atom stereocenters. The number of amides is 3. The predicted octanol–water partition coefficient (Wildman–Crippen LogP) is 9.32. The molecule has 6 rings (SSSR count). The summed E-state index contributed by atoms with van der Waals surface area (Å²) in [6, 6.07) is 48.1. The van der Waals surface area contributed by atoms with Crippen molar-refractivity contribution in [3.05, 3.63) is 191 Å². The predicted molar refractivity (Wildman–Crippen MR) is 257 cm³/mol. The second-order valence-corrected chi connectivity index (χ2v) is 16.1. The Hall–Kier alpha value is -6.99. The number of anilines is 2. The zero-order valence-corrected chi connectivity index (χ0v) is 37.2. The van der Waals surface area contributed by atoms with Crippen molar-refractivity contribution < 1.29 is 38.8 Å². The fourth-order valence-corrected chi connectivity index (χ4v) is 7.50. The summed E-state index contributed by atoms with van der Waals surface area (Å²) in [5.74, 6) is 0.953. The summed E-state index contributed by atoms with van der Waals surface area (Å²) < 4.78 is 17.3. The van der Waals surface area contributed by atoms with Crippen molar-refractivity contribution in [2.45, 2.75) is 70.6 Å². The molecule has 66 heavy (non-hydrogen) atoms. The Labute approximate surface area is 387 Å². The smallest absolute Gasteiger partial charge is 0.407 e. The lowest BCUT2D eigenvalue weighted by atomic mass is 10.0. The third-order valence-electron chi connectivity index (χ3n) is 11.1. The molecular formula is C54H60N4O8. The van der Waals surface area contributed by atoms with E-state index in [1.54, 1.807) is 36.4 Å². The van der Waals surface area contributed by atoms with Gasteiger partial charge in [0.05, 0.1) is 23.6 Å². The number of hydrogen-bond acceptors (Lipinski definition) is 9. The Kier molecular flexibility index (Phi) is 19.6. The molecule has 0 aromatic heterocycles. The number of hydrogen-bond donors (Lipinski definition) is 5. The second-order valence-electron chi connectivity index (χ2n) is 16.1. The molecule has 3 amide bonds. The average molecular weight is 893 g/mol. The van der Waals surface area contributed by atoms with E-state index in [4.69, 9.17) is 14.2 Å². The molecule has 0 saturated heterocycles. The highest BCUT2D eigenvalue weighted by Crippen LogP contribution is 2.32. The first-order valence-corrected chi connectivity index (χ1v) is 22.5. The lowest BCUT2D eigenvalue weighted by Gasteiger charge is -2.28. The van der Waals surface area contributed by atoms with Crippen molar-refractivity contribution in [2.75, 3.05) is 36.8 Å². The number of aryl methyl sites for hydroxylation is 2. The summed E-state index contributed by atoms with van der Waals surface area (Å²) in [6.45, 7) is 2.43. The molecule has 0 bridgehead atoms. The van der Waals surface area contributed by atoms with E-state index in [1.807, 2.05) is 95.9 Å². The molecule has 0 aliphatic carbocycles. The minimum absolute atomic E-state index is 0.207. The lowest BCUT2D eigenvalue weighted by Crippen LogP contribution is -2.33. The number of benzene rings is 6. The highest BCUT2D eigenvalue weighted by atomic mass is 16.5. The van der Waals surface area contributed by atoms with Crippen LogP contribution in [-0.4, -0.2) is 60.2 Å². The minimum Gasteiger partial charge on any atom is -0.487 e. The summed E-state index contributed by atoms with van der Waals surface area (Å²) in [5.41, 5.74) is 7.42. The Morgan fingerprint density at radius 1 is 0.530 bits per heavy atom. The van der Waals surface area contributed by atoms with Crippen LogP contribution in [0.25, 0.3) is 0 Å². The topological polar surface area (TPSA) is 159 Å². The van der Waals surface area contributed by atoms with E-state index in [1.165, 1.54) is 11.1 Å². The van der Waals surface area contributed by atoms with Crippen LogP contribution in [-0.2, 0) is 47.0 Å². The number of carbonyl (C=O) groups excluding carboxylic acids is 3. The van der Waals surface area contributed by atoms with Gasteiger partial charge in [-0.25, -0.2) is 4.79 Å². The molecule has 6 aromatic carbocycles. The molecule has 2 atom stereocenters. The molecule has 344 valence electrons. The van der Waals surface area contributed by atoms with Crippen LogP contribution >= 0.6 is 0 Å². The standard InChI is InChI=1S/C54H60N4O8/c59-39-56-48-32-46(26-28-52(48)64-36-43-16-4-1-5-17-43)50(61)34-58(35-51(62)47-27-29-53(49(33-47)57-40-60)65-37-44-18-6-2-7-19-44)31-13-11-15-42-24-22-41(23-25-42)14-10-12-30-55-54(63)66-38-45-20-8-3-9-21-45/h1-9,16-29,32-33,39-40,50-51,61-62H,10-15,30-31,34-38H2,(H,55,63)(H,56,59)(H,57,60)/t50-,51-/m1/s1. The molecule has 0 spiro atoms. The largest absolute Gasteiger partial charge is 0.487 e. The van der Waals surface area contributed by atoms with Crippen LogP contribution < -0.4 is 25.4 Å². The van der Waals surface area contributed by atoms with Gasteiger partial charge < -0.3 is 40.4 Å². The molecule has 5 N–H and O–H groups in total. The van der Waals surface area contributed by atoms with Gasteiger partial charge in [-0.3, -0.25) is 14.5 Å². The van der Waals surface area contributed by atoms with Crippen LogP contribution in [0.15, 0.2) is 152 Å². The fourth-order valence-electron chi connectivity index (χ4n) is 7.50. The SMILES string of the molecule is O=CNc1cc([C@H](O)CN(CCCCc2ccc(CCCCNC(=O)OCc3ccccc3)cc2)C[C@@H](O)c2ccc(OCc3ccccc3)c(NC=O)c2)ccc1OCc1ccccc1. The van der Waals surface area contributed by atoms with E-state index in [-0.39, 0.29) is 19.7 Å². The number of nitrogens with one attached hydrogen (secondary N) is 3. The van der Waals surface area contributed by atoms with Gasteiger partial charge in [-0.15, -0.1) is 0 Å². The number of ether oxygens (including phenoxy) is 3. The average Bonchev–Trinajstić information content (AvgIpc) is 3.35. The van der Waals surface area contributed by atoms with Crippen LogP contribution in [0.3, 0.4) is 0 Å². The number of nitrogens with zero attached hydrogens (tertiary/aromatic N) is 1. The van der Waals surface area contributed by atoms with Crippen LogP contribution in [0.1, 0.15) is 76.8 Å². The Morgan fingerprint density at radius 3 is 1.42 bits per heavy atom. The van der Waals surface area contributed by atoms with Gasteiger partial charge in [0.15, 0.2) is 0 Å². The zero-order valence-electron chi connectivity index (χ0n) is 37.2. The van der Waals surface area contributed by atoms with Crippen molar-refractivity contribution in [1.82, 2.24) is 10.2 Å². The summed E-state index contributed by atoms with van der Waals surface area (Å²) in [5, 5.41) is 31.5. The normalized spacial score (nSPS) is 11.9. The number of aliphatic hydroxyl groups excluding tert-OH is 2. The molecule has 12 heteroatoms. The van der Waals surface area contributed by atoms with Gasteiger partial charge in [-0.2, -0.15) is 0 Å². The molecule has 0 heterocycles.